The largest absolute Gasteiger partial charge is 0.387 e. The van der Waals surface area contributed by atoms with Gasteiger partial charge in [-0.1, -0.05) is 12.1 Å². The van der Waals surface area contributed by atoms with Crippen molar-refractivity contribution in [2.45, 2.75) is 6.10 Å². The number of hydrogen-bond donors (Lipinski definition) is 2. The second-order valence-corrected chi connectivity index (χ2v) is 4.79. The maximum atomic E-state index is 11.6. The number of ether oxygens (including phenoxy) is 1. The molecule has 6 heteroatoms. The van der Waals surface area contributed by atoms with Crippen LogP contribution in [0.3, 0.4) is 0 Å². The number of rotatable bonds is 8. The molecule has 6 nitrogen and oxygen atoms in total. The number of nitrogens with zero attached hydrogens (tertiary/aromatic N) is 2. The lowest BCUT2D eigenvalue weighted by Crippen LogP contribution is -2.38. The predicted octanol–water partition coefficient (Wildman–Crippen LogP) is 0.286. The van der Waals surface area contributed by atoms with Gasteiger partial charge in [-0.2, -0.15) is 5.26 Å². The highest BCUT2D eigenvalue weighted by atomic mass is 16.5. The molecule has 0 radical (unpaired) electrons. The molecule has 0 aromatic heterocycles. The van der Waals surface area contributed by atoms with E-state index < -0.39 is 6.10 Å². The Morgan fingerprint density at radius 2 is 2.14 bits per heavy atom. The van der Waals surface area contributed by atoms with E-state index in [0.29, 0.717) is 25.3 Å². The van der Waals surface area contributed by atoms with Gasteiger partial charge in [-0.15, -0.1) is 0 Å². The predicted molar refractivity (Wildman–Crippen MR) is 78.5 cm³/mol. The van der Waals surface area contributed by atoms with Crippen LogP contribution in [-0.2, 0) is 9.53 Å². The van der Waals surface area contributed by atoms with E-state index in [0.717, 1.165) is 5.56 Å². The minimum Gasteiger partial charge on any atom is -0.387 e. The van der Waals surface area contributed by atoms with E-state index in [2.05, 4.69) is 5.32 Å². The molecule has 0 fully saturated rings. The van der Waals surface area contributed by atoms with Crippen molar-refractivity contribution in [3.63, 3.8) is 0 Å². The Morgan fingerprint density at radius 1 is 1.48 bits per heavy atom. The highest BCUT2D eigenvalue weighted by Gasteiger charge is 2.13. The molecular formula is C15H21N3O3. The molecule has 0 saturated carbocycles. The van der Waals surface area contributed by atoms with Crippen LogP contribution in [0.4, 0.5) is 0 Å². The summed E-state index contributed by atoms with van der Waals surface area (Å²) in [7, 11) is 3.34. The first-order chi connectivity index (χ1) is 10.1. The van der Waals surface area contributed by atoms with Crippen molar-refractivity contribution in [1.82, 2.24) is 10.2 Å². The third kappa shape index (κ3) is 6.36. The van der Waals surface area contributed by atoms with E-state index in [1.165, 1.54) is 0 Å². The molecule has 0 heterocycles. The molecule has 2 N–H and O–H groups in total. The van der Waals surface area contributed by atoms with Crippen LogP contribution in [0.25, 0.3) is 0 Å². The number of benzene rings is 1. The average Bonchev–Trinajstić information content (AvgIpc) is 2.47. The topological polar surface area (TPSA) is 85.6 Å². The van der Waals surface area contributed by atoms with Crippen LogP contribution in [0.5, 0.6) is 0 Å². The smallest absolute Gasteiger partial charge is 0.234 e. The Hall–Kier alpha value is -1.94. The number of carbonyl (C=O) groups is 1. The number of aliphatic hydroxyl groups excluding tert-OH is 1. The van der Waals surface area contributed by atoms with Crippen LogP contribution in [0, 0.1) is 11.3 Å². The summed E-state index contributed by atoms with van der Waals surface area (Å²) < 4.78 is 4.85. The van der Waals surface area contributed by atoms with Gasteiger partial charge < -0.3 is 15.2 Å². The van der Waals surface area contributed by atoms with E-state index in [9.17, 15) is 9.90 Å². The van der Waals surface area contributed by atoms with E-state index in [1.807, 2.05) is 6.07 Å². The van der Waals surface area contributed by atoms with Gasteiger partial charge >= 0.3 is 0 Å². The van der Waals surface area contributed by atoms with Crippen molar-refractivity contribution in [2.24, 2.45) is 0 Å². The van der Waals surface area contributed by atoms with Crippen molar-refractivity contribution < 1.29 is 14.6 Å². The van der Waals surface area contributed by atoms with E-state index in [1.54, 1.807) is 43.3 Å². The van der Waals surface area contributed by atoms with Gasteiger partial charge in [0.05, 0.1) is 30.9 Å². The molecule has 114 valence electrons. The van der Waals surface area contributed by atoms with Gasteiger partial charge in [-0.25, -0.2) is 0 Å². The Morgan fingerprint density at radius 3 is 2.71 bits per heavy atom. The lowest BCUT2D eigenvalue weighted by Gasteiger charge is -2.20. The van der Waals surface area contributed by atoms with Crippen molar-refractivity contribution >= 4 is 5.91 Å². The maximum Gasteiger partial charge on any atom is 0.234 e. The highest BCUT2D eigenvalue weighted by Crippen LogP contribution is 2.14. The van der Waals surface area contributed by atoms with Gasteiger partial charge in [-0.3, -0.25) is 9.69 Å². The van der Waals surface area contributed by atoms with Gasteiger partial charge in [0.25, 0.3) is 0 Å². The van der Waals surface area contributed by atoms with E-state index >= 15 is 0 Å². The van der Waals surface area contributed by atoms with Crippen LogP contribution in [0.15, 0.2) is 24.3 Å². The first kappa shape index (κ1) is 17.1. The highest BCUT2D eigenvalue weighted by molar-refractivity contribution is 5.77. The molecule has 1 aromatic rings. The summed E-state index contributed by atoms with van der Waals surface area (Å²) >= 11 is 0. The van der Waals surface area contributed by atoms with Crippen LogP contribution in [0.2, 0.25) is 0 Å². The van der Waals surface area contributed by atoms with Gasteiger partial charge in [-0.05, 0) is 24.7 Å². The zero-order valence-electron chi connectivity index (χ0n) is 12.4. The lowest BCUT2D eigenvalue weighted by molar-refractivity contribution is -0.122. The summed E-state index contributed by atoms with van der Waals surface area (Å²) in [4.78, 5) is 13.3. The number of carbonyl (C=O) groups excluding carboxylic acids is 1. The van der Waals surface area contributed by atoms with Crippen LogP contribution >= 0.6 is 0 Å². The number of hydrogen-bond acceptors (Lipinski definition) is 5. The molecule has 1 atom stereocenters. The second-order valence-electron chi connectivity index (χ2n) is 4.79. The van der Waals surface area contributed by atoms with Crippen LogP contribution < -0.4 is 5.32 Å². The Kier molecular flexibility index (Phi) is 7.40. The molecule has 1 rings (SSSR count). The molecular weight excluding hydrogens is 270 g/mol. The molecule has 0 aliphatic heterocycles. The van der Waals surface area contributed by atoms with Crippen LogP contribution in [-0.4, -0.2) is 56.3 Å². The summed E-state index contributed by atoms with van der Waals surface area (Å²) in [5.74, 6) is -0.110. The minimum absolute atomic E-state index is 0.110. The molecule has 1 aromatic carbocycles. The summed E-state index contributed by atoms with van der Waals surface area (Å²) in [5, 5.41) is 21.6. The number of nitriles is 1. The van der Waals surface area contributed by atoms with Crippen molar-refractivity contribution in [3.8, 4) is 6.07 Å². The zero-order chi connectivity index (χ0) is 15.7. The third-order valence-electron chi connectivity index (χ3n) is 2.95. The van der Waals surface area contributed by atoms with Crippen molar-refractivity contribution in [2.75, 3.05) is 40.4 Å². The number of amides is 1. The molecule has 0 bridgehead atoms. The van der Waals surface area contributed by atoms with Crippen molar-refractivity contribution in [3.05, 3.63) is 35.4 Å². The standard InChI is InChI=1S/C15H21N3O3/c1-18(11-15(20)17-7-8-21-2)10-14(19)13-5-3-12(9-16)4-6-13/h3-6,14,19H,7-8,10-11H2,1-2H3,(H,17,20). The van der Waals surface area contributed by atoms with Gasteiger partial charge in [0.1, 0.15) is 0 Å². The third-order valence-corrected chi connectivity index (χ3v) is 2.95. The van der Waals surface area contributed by atoms with Crippen molar-refractivity contribution in [1.29, 1.82) is 5.26 Å². The number of nitrogens with one attached hydrogen (secondary N) is 1. The monoisotopic (exact) mass is 291 g/mol. The molecule has 0 saturated heterocycles. The van der Waals surface area contributed by atoms with Gasteiger partial charge in [0, 0.05) is 20.2 Å². The van der Waals surface area contributed by atoms with Gasteiger partial charge in [0.15, 0.2) is 0 Å². The summed E-state index contributed by atoms with van der Waals surface area (Å²) in [6.07, 6.45) is -0.700. The number of methoxy groups -OCH3 is 1. The number of likely N-dealkylation sites (N-methyl/N-ethyl adjacent to an activating group) is 1. The fraction of sp³-hybridized carbons (Fsp3) is 0.467. The number of aliphatic hydroxyl groups is 1. The molecule has 0 spiro atoms. The maximum absolute atomic E-state index is 11.6. The SMILES string of the molecule is COCCNC(=O)CN(C)CC(O)c1ccc(C#N)cc1. The fourth-order valence-electron chi connectivity index (χ4n) is 1.84. The fourth-order valence-corrected chi connectivity index (χ4v) is 1.84. The van der Waals surface area contributed by atoms with Crippen LogP contribution in [0.1, 0.15) is 17.2 Å². The van der Waals surface area contributed by atoms with Gasteiger partial charge in [0.2, 0.25) is 5.91 Å². The molecule has 1 amide bonds. The first-order valence-electron chi connectivity index (χ1n) is 6.69. The zero-order valence-corrected chi connectivity index (χ0v) is 12.4. The van der Waals surface area contributed by atoms with E-state index in [-0.39, 0.29) is 12.5 Å². The molecule has 1 unspecified atom stereocenters. The van der Waals surface area contributed by atoms with E-state index in [4.69, 9.17) is 10.00 Å². The quantitative estimate of drug-likeness (QED) is 0.672. The minimum atomic E-state index is -0.700. The second kappa shape index (κ2) is 9.08. The Bertz CT molecular complexity index is 482. The lowest BCUT2D eigenvalue weighted by atomic mass is 10.1. The Labute approximate surface area is 124 Å². The average molecular weight is 291 g/mol. The normalized spacial score (nSPS) is 12.0. The first-order valence-corrected chi connectivity index (χ1v) is 6.69. The molecule has 0 aliphatic carbocycles. The summed E-state index contributed by atoms with van der Waals surface area (Å²) in [5.41, 5.74) is 1.28. The summed E-state index contributed by atoms with van der Waals surface area (Å²) in [6, 6.07) is 8.79. The molecule has 21 heavy (non-hydrogen) atoms. The summed E-state index contributed by atoms with van der Waals surface area (Å²) in [6.45, 7) is 1.49. The Balaban J connectivity index is 2.40. The molecule has 0 aliphatic rings.